The van der Waals surface area contributed by atoms with Gasteiger partial charge in [0.2, 0.25) is 0 Å². The minimum atomic E-state index is 0.00407. The molecule has 0 radical (unpaired) electrons. The van der Waals surface area contributed by atoms with E-state index in [1.807, 2.05) is 18.2 Å². The van der Waals surface area contributed by atoms with Crippen LogP contribution in [0.15, 0.2) is 18.2 Å². The summed E-state index contributed by atoms with van der Waals surface area (Å²) in [5.74, 6) is 1.10. The Morgan fingerprint density at radius 3 is 2.85 bits per heavy atom. The molecule has 1 aliphatic rings. The highest BCUT2D eigenvalue weighted by Crippen LogP contribution is 2.29. The number of hydrogen-bond acceptors (Lipinski definition) is 2. The van der Waals surface area contributed by atoms with Crippen LogP contribution in [0.5, 0.6) is 0 Å². The van der Waals surface area contributed by atoms with Gasteiger partial charge >= 0.3 is 0 Å². The van der Waals surface area contributed by atoms with Gasteiger partial charge in [0.15, 0.2) is 0 Å². The zero-order valence-electron chi connectivity index (χ0n) is 12.3. The van der Waals surface area contributed by atoms with Crippen molar-refractivity contribution in [2.75, 3.05) is 6.61 Å². The summed E-state index contributed by atoms with van der Waals surface area (Å²) < 4.78 is 8.08. The van der Waals surface area contributed by atoms with Crippen molar-refractivity contribution >= 4 is 22.6 Å². The first-order chi connectivity index (χ1) is 9.45. The van der Waals surface area contributed by atoms with Crippen LogP contribution in [-0.2, 0) is 16.7 Å². The third-order valence-electron chi connectivity index (χ3n) is 3.79. The molecule has 0 aliphatic carbocycles. The molecule has 1 aliphatic heterocycles. The van der Waals surface area contributed by atoms with Gasteiger partial charge in [-0.2, -0.15) is 0 Å². The number of nitrogens with zero attached hydrogens (tertiary/aromatic N) is 2. The average Bonchev–Trinajstić information content (AvgIpc) is 2.97. The van der Waals surface area contributed by atoms with E-state index < -0.39 is 0 Å². The van der Waals surface area contributed by atoms with E-state index >= 15 is 0 Å². The van der Waals surface area contributed by atoms with E-state index in [0.29, 0.717) is 6.10 Å². The van der Waals surface area contributed by atoms with E-state index in [1.165, 1.54) is 0 Å². The molecule has 1 fully saturated rings. The molecule has 0 bridgehead atoms. The fraction of sp³-hybridized carbons (Fsp3) is 0.562. The lowest BCUT2D eigenvalue weighted by Crippen LogP contribution is -2.23. The first-order valence-corrected chi connectivity index (χ1v) is 7.61. The van der Waals surface area contributed by atoms with Crippen LogP contribution in [0.2, 0.25) is 5.02 Å². The molecule has 4 heteroatoms. The first-order valence-electron chi connectivity index (χ1n) is 7.23. The molecule has 1 unspecified atom stereocenters. The summed E-state index contributed by atoms with van der Waals surface area (Å²) in [5, 5.41) is 0.756. The Morgan fingerprint density at radius 2 is 2.20 bits per heavy atom. The Kier molecular flexibility index (Phi) is 3.51. The lowest BCUT2D eigenvalue weighted by molar-refractivity contribution is 0.0965. The van der Waals surface area contributed by atoms with Gasteiger partial charge in [-0.25, -0.2) is 4.98 Å². The van der Waals surface area contributed by atoms with Crippen LogP contribution < -0.4 is 0 Å². The van der Waals surface area contributed by atoms with Crippen LogP contribution in [0.1, 0.15) is 39.4 Å². The maximum absolute atomic E-state index is 6.16. The van der Waals surface area contributed by atoms with Crippen molar-refractivity contribution < 1.29 is 4.74 Å². The molecule has 0 saturated carbocycles. The SMILES string of the molecule is CC(C)(C)c1nc2ccc(Cl)cc2n1CC1CCCO1. The van der Waals surface area contributed by atoms with Gasteiger partial charge in [0.05, 0.1) is 23.7 Å². The third-order valence-corrected chi connectivity index (χ3v) is 4.03. The molecule has 2 aromatic rings. The van der Waals surface area contributed by atoms with Crippen molar-refractivity contribution in [3.05, 3.63) is 29.0 Å². The molecular weight excluding hydrogens is 272 g/mol. The predicted molar refractivity (Wildman–Crippen MR) is 82.4 cm³/mol. The molecule has 20 heavy (non-hydrogen) atoms. The highest BCUT2D eigenvalue weighted by atomic mass is 35.5. The Balaban J connectivity index is 2.11. The number of halogens is 1. The maximum Gasteiger partial charge on any atom is 0.115 e. The Labute approximate surface area is 124 Å². The summed E-state index contributed by atoms with van der Waals surface area (Å²) in [6, 6.07) is 5.91. The van der Waals surface area contributed by atoms with E-state index in [4.69, 9.17) is 21.3 Å². The molecule has 0 N–H and O–H groups in total. The summed E-state index contributed by atoms with van der Waals surface area (Å²) in [4.78, 5) is 4.82. The summed E-state index contributed by atoms with van der Waals surface area (Å²) in [5.41, 5.74) is 2.12. The van der Waals surface area contributed by atoms with Crippen LogP contribution in [0.25, 0.3) is 11.0 Å². The predicted octanol–water partition coefficient (Wildman–Crippen LogP) is 4.17. The molecule has 3 rings (SSSR count). The largest absolute Gasteiger partial charge is 0.376 e. The van der Waals surface area contributed by atoms with Crippen molar-refractivity contribution in [3.63, 3.8) is 0 Å². The Morgan fingerprint density at radius 1 is 1.40 bits per heavy atom. The van der Waals surface area contributed by atoms with Crippen molar-refractivity contribution in [3.8, 4) is 0 Å². The fourth-order valence-corrected chi connectivity index (χ4v) is 3.01. The molecule has 1 atom stereocenters. The topological polar surface area (TPSA) is 27.1 Å². The van der Waals surface area contributed by atoms with Gasteiger partial charge in [-0.1, -0.05) is 32.4 Å². The second-order valence-corrected chi connectivity index (χ2v) is 7.00. The highest BCUT2D eigenvalue weighted by Gasteiger charge is 2.26. The van der Waals surface area contributed by atoms with Gasteiger partial charge in [0.1, 0.15) is 5.82 Å². The molecule has 1 saturated heterocycles. The second-order valence-electron chi connectivity index (χ2n) is 6.56. The summed E-state index contributed by atoms with van der Waals surface area (Å²) in [7, 11) is 0. The minimum absolute atomic E-state index is 0.00407. The van der Waals surface area contributed by atoms with Gasteiger partial charge in [-0.15, -0.1) is 0 Å². The lowest BCUT2D eigenvalue weighted by atomic mass is 9.95. The third kappa shape index (κ3) is 2.57. The molecule has 1 aromatic carbocycles. The molecule has 3 nitrogen and oxygen atoms in total. The Bertz CT molecular complexity index is 621. The van der Waals surface area contributed by atoms with Gasteiger partial charge in [-0.05, 0) is 31.0 Å². The van der Waals surface area contributed by atoms with E-state index in [1.54, 1.807) is 0 Å². The van der Waals surface area contributed by atoms with Gasteiger partial charge < -0.3 is 9.30 Å². The first kappa shape index (κ1) is 13.9. The number of rotatable bonds is 2. The Hall–Kier alpha value is -1.06. The van der Waals surface area contributed by atoms with E-state index in [9.17, 15) is 0 Å². The monoisotopic (exact) mass is 292 g/mol. The molecule has 0 amide bonds. The molecular formula is C16H21ClN2O. The van der Waals surface area contributed by atoms with Crippen LogP contribution in [0, 0.1) is 0 Å². The molecule has 1 aromatic heterocycles. The van der Waals surface area contributed by atoms with Crippen LogP contribution >= 0.6 is 11.6 Å². The van der Waals surface area contributed by atoms with Crippen molar-refractivity contribution in [1.29, 1.82) is 0 Å². The van der Waals surface area contributed by atoms with Crippen LogP contribution in [0.4, 0.5) is 0 Å². The number of hydrogen-bond donors (Lipinski definition) is 0. The van der Waals surface area contributed by atoms with E-state index in [-0.39, 0.29) is 5.41 Å². The summed E-state index contributed by atoms with van der Waals surface area (Å²) >= 11 is 6.16. The average molecular weight is 293 g/mol. The standard InChI is InChI=1S/C16H21ClN2O/c1-16(2,3)15-18-13-7-6-11(17)9-14(13)19(15)10-12-5-4-8-20-12/h6-7,9,12H,4-5,8,10H2,1-3H3. The minimum Gasteiger partial charge on any atom is -0.376 e. The molecule has 0 spiro atoms. The molecule has 2 heterocycles. The van der Waals surface area contributed by atoms with Crippen LogP contribution in [-0.4, -0.2) is 22.3 Å². The second kappa shape index (κ2) is 5.05. The smallest absolute Gasteiger partial charge is 0.115 e. The van der Waals surface area contributed by atoms with Gasteiger partial charge in [0, 0.05) is 17.0 Å². The highest BCUT2D eigenvalue weighted by molar-refractivity contribution is 6.31. The van der Waals surface area contributed by atoms with Gasteiger partial charge in [0.25, 0.3) is 0 Å². The zero-order valence-corrected chi connectivity index (χ0v) is 13.1. The summed E-state index contributed by atoms with van der Waals surface area (Å²) in [6.45, 7) is 8.33. The van der Waals surface area contributed by atoms with Crippen LogP contribution in [0.3, 0.4) is 0 Å². The van der Waals surface area contributed by atoms with E-state index in [0.717, 1.165) is 47.9 Å². The number of imidazole rings is 1. The van der Waals surface area contributed by atoms with E-state index in [2.05, 4.69) is 25.3 Å². The quantitative estimate of drug-likeness (QED) is 0.831. The molecule has 108 valence electrons. The van der Waals surface area contributed by atoms with Gasteiger partial charge in [-0.3, -0.25) is 0 Å². The maximum atomic E-state index is 6.16. The number of aromatic nitrogens is 2. The fourth-order valence-electron chi connectivity index (χ4n) is 2.85. The number of ether oxygens (including phenoxy) is 1. The van der Waals surface area contributed by atoms with Crippen molar-refractivity contribution in [1.82, 2.24) is 9.55 Å². The number of fused-ring (bicyclic) bond motifs is 1. The van der Waals surface area contributed by atoms with Crippen molar-refractivity contribution in [2.24, 2.45) is 0 Å². The zero-order chi connectivity index (χ0) is 14.3. The normalized spacial score (nSPS) is 19.9. The lowest BCUT2D eigenvalue weighted by Gasteiger charge is -2.22. The van der Waals surface area contributed by atoms with Crippen molar-refractivity contribution in [2.45, 2.75) is 51.7 Å². The number of benzene rings is 1. The summed E-state index contributed by atoms with van der Waals surface area (Å²) in [6.07, 6.45) is 2.58.